The number of halogens is 1. The van der Waals surface area contributed by atoms with Crippen molar-refractivity contribution < 1.29 is 24.0 Å². The molecule has 0 fully saturated rings. The Kier molecular flexibility index (Phi) is 6.91. The monoisotopic (exact) mass is 510 g/mol. The minimum absolute atomic E-state index is 0.0754. The maximum atomic E-state index is 13.3. The molecule has 9 heteroatoms. The van der Waals surface area contributed by atoms with Gasteiger partial charge in [-0.3, -0.25) is 19.7 Å². The van der Waals surface area contributed by atoms with E-state index < -0.39 is 22.7 Å². The molecule has 2 aliphatic rings. The lowest BCUT2D eigenvalue weighted by Crippen LogP contribution is -2.43. The number of nitrogens with one attached hydrogen (secondary N) is 1. The normalized spacial score (nSPS) is 20.9. The molecule has 0 spiro atoms. The van der Waals surface area contributed by atoms with E-state index in [1.54, 1.807) is 30.3 Å². The predicted molar refractivity (Wildman–Crippen MR) is 134 cm³/mol. The van der Waals surface area contributed by atoms with Gasteiger partial charge in [-0.15, -0.1) is 0 Å². The maximum absolute atomic E-state index is 13.3. The third-order valence-corrected chi connectivity index (χ3v) is 6.80. The van der Waals surface area contributed by atoms with Gasteiger partial charge in [0.25, 0.3) is 0 Å². The first-order valence-corrected chi connectivity index (χ1v) is 11.8. The van der Waals surface area contributed by atoms with Crippen molar-refractivity contribution in [2.24, 2.45) is 11.3 Å². The van der Waals surface area contributed by atoms with Crippen molar-refractivity contribution in [1.82, 2.24) is 5.32 Å². The number of nitrogens with zero attached hydrogens (tertiary/aromatic N) is 1. The van der Waals surface area contributed by atoms with E-state index in [1.165, 1.54) is 19.2 Å². The highest BCUT2D eigenvalue weighted by atomic mass is 35.5. The summed E-state index contributed by atoms with van der Waals surface area (Å²) < 4.78 is 10.8. The highest BCUT2D eigenvalue weighted by Gasteiger charge is 2.47. The lowest BCUT2D eigenvalue weighted by atomic mass is 9.66. The van der Waals surface area contributed by atoms with Crippen LogP contribution >= 0.6 is 11.6 Å². The van der Waals surface area contributed by atoms with E-state index in [0.29, 0.717) is 40.4 Å². The Morgan fingerprint density at radius 1 is 1.22 bits per heavy atom. The molecule has 0 aromatic heterocycles. The van der Waals surface area contributed by atoms with Crippen LogP contribution in [0.15, 0.2) is 66.0 Å². The number of nitro benzene ring substituents is 1. The molecule has 36 heavy (non-hydrogen) atoms. The van der Waals surface area contributed by atoms with Crippen molar-refractivity contribution in [3.8, 4) is 5.75 Å². The number of carbonyl (C=O) groups is 2. The smallest absolute Gasteiger partial charge is 0.315 e. The number of methoxy groups -OCH3 is 1. The molecule has 188 valence electrons. The molecule has 2 atom stereocenters. The van der Waals surface area contributed by atoms with Crippen LogP contribution in [0.1, 0.15) is 43.7 Å². The van der Waals surface area contributed by atoms with Crippen molar-refractivity contribution in [3.05, 3.63) is 92.3 Å². The fraction of sp³-hybridized carbons (Fsp3) is 0.333. The molecular formula is C27H27ClN2O6. The lowest BCUT2D eigenvalue weighted by Gasteiger charge is -2.42. The summed E-state index contributed by atoms with van der Waals surface area (Å²) in [5, 5.41) is 15.7. The first-order valence-electron chi connectivity index (χ1n) is 11.5. The zero-order valence-corrected chi connectivity index (χ0v) is 21.1. The Labute approximate surface area is 214 Å². The molecule has 8 nitrogen and oxygen atoms in total. The summed E-state index contributed by atoms with van der Waals surface area (Å²) in [5.74, 6) is -2.29. The van der Waals surface area contributed by atoms with Crippen LogP contribution < -0.4 is 10.1 Å². The van der Waals surface area contributed by atoms with Gasteiger partial charge in [0.05, 0.1) is 12.0 Å². The predicted octanol–water partition coefficient (Wildman–Crippen LogP) is 5.46. The molecule has 1 aliphatic carbocycles. The average Bonchev–Trinajstić information content (AvgIpc) is 2.81. The molecule has 0 saturated carbocycles. The summed E-state index contributed by atoms with van der Waals surface area (Å²) in [4.78, 5) is 37.6. The van der Waals surface area contributed by atoms with E-state index in [1.807, 2.05) is 13.8 Å². The zero-order valence-electron chi connectivity index (χ0n) is 20.3. The number of esters is 1. The maximum Gasteiger partial charge on any atom is 0.315 e. The minimum atomic E-state index is -0.917. The second-order valence-electron chi connectivity index (χ2n) is 9.86. The van der Waals surface area contributed by atoms with Crippen LogP contribution in [-0.4, -0.2) is 23.8 Å². The highest BCUT2D eigenvalue weighted by Crippen LogP contribution is 2.49. The molecule has 0 saturated heterocycles. The van der Waals surface area contributed by atoms with Gasteiger partial charge in [0.2, 0.25) is 0 Å². The van der Waals surface area contributed by atoms with Gasteiger partial charge >= 0.3 is 11.7 Å². The minimum Gasteiger partial charge on any atom is -0.482 e. The summed E-state index contributed by atoms with van der Waals surface area (Å²) in [7, 11) is 1.26. The molecule has 1 aliphatic heterocycles. The third kappa shape index (κ3) is 4.99. The van der Waals surface area contributed by atoms with Crippen molar-refractivity contribution in [1.29, 1.82) is 0 Å². The highest BCUT2D eigenvalue weighted by molar-refractivity contribution is 6.30. The number of ketones is 1. The molecule has 0 bridgehead atoms. The van der Waals surface area contributed by atoms with Gasteiger partial charge in [0.1, 0.15) is 12.5 Å². The van der Waals surface area contributed by atoms with E-state index in [-0.39, 0.29) is 29.2 Å². The Morgan fingerprint density at radius 3 is 2.56 bits per heavy atom. The van der Waals surface area contributed by atoms with Gasteiger partial charge in [-0.05, 0) is 41.2 Å². The van der Waals surface area contributed by atoms with Crippen molar-refractivity contribution in [2.45, 2.75) is 39.2 Å². The Bertz CT molecular complexity index is 1280. The number of allylic oxidation sites excluding steroid dienone is 2. The van der Waals surface area contributed by atoms with Crippen LogP contribution in [0.25, 0.3) is 0 Å². The van der Waals surface area contributed by atoms with Gasteiger partial charge in [0.15, 0.2) is 11.5 Å². The number of nitro groups is 1. The number of ether oxygens (including phenoxy) is 2. The van der Waals surface area contributed by atoms with Crippen molar-refractivity contribution in [3.63, 3.8) is 0 Å². The number of rotatable bonds is 6. The zero-order chi connectivity index (χ0) is 26.2. The van der Waals surface area contributed by atoms with Gasteiger partial charge in [0, 0.05) is 40.4 Å². The number of benzene rings is 2. The van der Waals surface area contributed by atoms with E-state index >= 15 is 0 Å². The summed E-state index contributed by atoms with van der Waals surface area (Å²) in [6, 6.07) is 11.5. The molecule has 2 aromatic carbocycles. The summed E-state index contributed by atoms with van der Waals surface area (Å²) >= 11 is 5.91. The van der Waals surface area contributed by atoms with Crippen LogP contribution in [0.5, 0.6) is 5.75 Å². The second-order valence-corrected chi connectivity index (χ2v) is 10.3. The van der Waals surface area contributed by atoms with Crippen LogP contribution in [-0.2, 0) is 20.9 Å². The fourth-order valence-electron chi connectivity index (χ4n) is 4.95. The largest absolute Gasteiger partial charge is 0.482 e. The molecule has 2 unspecified atom stereocenters. The molecule has 1 N–H and O–H groups in total. The first-order chi connectivity index (χ1) is 17.0. The van der Waals surface area contributed by atoms with Gasteiger partial charge in [-0.25, -0.2) is 0 Å². The SMILES string of the molecule is C=C1NC2=C(C(=O)CC(C)(C)C2)C(c2ccc(OCc3ccc(Cl)cc3)c([N+](=O)[O-])c2)C1C(=O)OC. The van der Waals surface area contributed by atoms with Gasteiger partial charge < -0.3 is 14.8 Å². The molecule has 1 heterocycles. The molecular weight excluding hydrogens is 484 g/mol. The van der Waals surface area contributed by atoms with E-state index in [9.17, 15) is 19.7 Å². The molecule has 0 amide bonds. The number of Topliss-reactive ketones (excluding diaryl/α,β-unsaturated/α-hetero) is 1. The van der Waals surface area contributed by atoms with Gasteiger partial charge in [-0.1, -0.05) is 50.2 Å². The Morgan fingerprint density at radius 2 is 1.92 bits per heavy atom. The Balaban J connectivity index is 1.77. The first kappa shape index (κ1) is 25.4. The quantitative estimate of drug-likeness (QED) is 0.312. The van der Waals surface area contributed by atoms with Gasteiger partial charge in [-0.2, -0.15) is 0 Å². The van der Waals surface area contributed by atoms with E-state index in [2.05, 4.69) is 11.9 Å². The van der Waals surface area contributed by atoms with Crippen LogP contribution in [0.2, 0.25) is 5.02 Å². The standard InChI is InChI=1S/C27H27ClN2O6/c1-15-23(26(32)35-4)24(25-19(29-15)12-27(2,3)13-21(25)31)17-7-10-22(20(11-17)30(33)34)36-14-16-5-8-18(28)9-6-16/h5-11,23-24,29H,1,12-14H2,2-4H3. The van der Waals surface area contributed by atoms with Crippen molar-refractivity contribution in [2.75, 3.05) is 7.11 Å². The number of hydrogen-bond donors (Lipinski definition) is 1. The Hall–Kier alpha value is -3.65. The number of hydrogen-bond acceptors (Lipinski definition) is 7. The van der Waals surface area contributed by atoms with Crippen LogP contribution in [0.3, 0.4) is 0 Å². The van der Waals surface area contributed by atoms with E-state index in [0.717, 1.165) is 5.56 Å². The second kappa shape index (κ2) is 9.78. The van der Waals surface area contributed by atoms with E-state index in [4.69, 9.17) is 21.1 Å². The molecule has 0 radical (unpaired) electrons. The summed E-state index contributed by atoms with van der Waals surface area (Å²) in [5.41, 5.74) is 2.24. The fourth-order valence-corrected chi connectivity index (χ4v) is 5.07. The molecule has 2 aromatic rings. The topological polar surface area (TPSA) is 108 Å². The van der Waals surface area contributed by atoms with Crippen LogP contribution in [0, 0.1) is 21.4 Å². The lowest BCUT2D eigenvalue weighted by molar-refractivity contribution is -0.386. The van der Waals surface area contributed by atoms with Crippen molar-refractivity contribution >= 4 is 29.0 Å². The number of carbonyl (C=O) groups excluding carboxylic acids is 2. The average molecular weight is 511 g/mol. The summed E-state index contributed by atoms with van der Waals surface area (Å²) in [6.45, 7) is 8.13. The summed E-state index contributed by atoms with van der Waals surface area (Å²) in [6.07, 6.45) is 0.886. The van der Waals surface area contributed by atoms with Crippen LogP contribution in [0.4, 0.5) is 5.69 Å². The third-order valence-electron chi connectivity index (χ3n) is 6.55. The molecule has 4 rings (SSSR count).